The molecule has 2 aliphatic heterocycles. The molecule has 19 heteroatoms. The zero-order valence-corrected chi connectivity index (χ0v) is 43.3. The van der Waals surface area contributed by atoms with Gasteiger partial charge in [-0.25, -0.2) is 9.97 Å². The Hall–Kier alpha value is -5.68. The van der Waals surface area contributed by atoms with E-state index in [1.165, 1.54) is 16.2 Å². The third-order valence-electron chi connectivity index (χ3n) is 14.0. The van der Waals surface area contributed by atoms with Crippen LogP contribution in [-0.2, 0) is 19.1 Å². The molecule has 3 aliphatic rings. The van der Waals surface area contributed by atoms with Gasteiger partial charge in [0.25, 0.3) is 5.91 Å². The second-order valence-electron chi connectivity index (χ2n) is 21.0. The van der Waals surface area contributed by atoms with Crippen molar-refractivity contribution in [2.24, 2.45) is 16.2 Å². The maximum absolute atomic E-state index is 14.2. The first-order valence-corrected chi connectivity index (χ1v) is 25.3. The summed E-state index contributed by atoms with van der Waals surface area (Å²) in [6, 6.07) is 15.3. The van der Waals surface area contributed by atoms with Gasteiger partial charge in [0.05, 0.1) is 57.6 Å². The van der Waals surface area contributed by atoms with Gasteiger partial charge in [-0.05, 0) is 47.7 Å². The van der Waals surface area contributed by atoms with E-state index in [1.54, 1.807) is 36.0 Å². The number of ether oxygens (including phenoxy) is 2. The summed E-state index contributed by atoms with van der Waals surface area (Å²) < 4.78 is 12.2. The van der Waals surface area contributed by atoms with Crippen LogP contribution >= 0.6 is 22.9 Å². The van der Waals surface area contributed by atoms with Gasteiger partial charge in [-0.15, -0.1) is 11.3 Å². The number of aliphatic hydroxyl groups excluding tert-OH is 2. The van der Waals surface area contributed by atoms with Crippen molar-refractivity contribution < 1.29 is 38.9 Å². The number of pyridine rings is 1. The van der Waals surface area contributed by atoms with Gasteiger partial charge in [0.15, 0.2) is 0 Å². The zero-order valence-electron chi connectivity index (χ0n) is 41.7. The molecular formula is C52H66ClN9O8S. The number of nitrogens with zero attached hydrogens (tertiary/aromatic N) is 6. The van der Waals surface area contributed by atoms with Gasteiger partial charge >= 0.3 is 0 Å². The van der Waals surface area contributed by atoms with Gasteiger partial charge in [0, 0.05) is 74.8 Å². The SMILES string of the molecule is Cc1ncsc1-c1ccc([C@H](CO)NC(=O)[C@@H]2C[C@@H](O)CN2C(=O)C(NC(=O)COCCN2CCN(c3ccc(C(=O)NC4C(C)(C)C(Oc5ccc(C#N)c(Cl)c5)C4(C)C)cn3)CC2)C(C)(C)C)cc1. The Balaban J connectivity index is 0.838. The van der Waals surface area contributed by atoms with Crippen molar-refractivity contribution in [2.75, 3.05) is 64.0 Å². The van der Waals surface area contributed by atoms with Crippen LogP contribution in [0.5, 0.6) is 5.75 Å². The summed E-state index contributed by atoms with van der Waals surface area (Å²) >= 11 is 7.78. The van der Waals surface area contributed by atoms with E-state index in [-0.39, 0.29) is 50.8 Å². The summed E-state index contributed by atoms with van der Waals surface area (Å²) in [6.07, 6.45) is 0.446. The van der Waals surface area contributed by atoms with E-state index in [0.29, 0.717) is 47.1 Å². The molecule has 1 aliphatic carbocycles. The highest BCUT2D eigenvalue weighted by Crippen LogP contribution is 2.55. The van der Waals surface area contributed by atoms with Crippen LogP contribution in [-0.4, -0.2) is 143 Å². The molecule has 1 unspecified atom stereocenters. The molecule has 0 bridgehead atoms. The molecule has 3 fully saturated rings. The van der Waals surface area contributed by atoms with E-state index in [4.69, 9.17) is 21.1 Å². The number of aliphatic hydroxyl groups is 2. The Morgan fingerprint density at radius 2 is 1.69 bits per heavy atom. The third-order valence-corrected chi connectivity index (χ3v) is 15.3. The topological polar surface area (TPSA) is 223 Å². The van der Waals surface area contributed by atoms with Crippen LogP contribution in [0.4, 0.5) is 5.82 Å². The second kappa shape index (κ2) is 22.0. The number of aromatic nitrogens is 2. The van der Waals surface area contributed by atoms with E-state index in [1.807, 2.05) is 58.0 Å². The molecule has 4 atom stereocenters. The number of benzene rings is 2. The van der Waals surface area contributed by atoms with Crippen LogP contribution in [0.3, 0.4) is 0 Å². The predicted molar refractivity (Wildman–Crippen MR) is 271 cm³/mol. The number of carbonyl (C=O) groups excluding carboxylic acids is 4. The average molecular weight is 1010 g/mol. The minimum atomic E-state index is -1.02. The van der Waals surface area contributed by atoms with Gasteiger partial charge in [-0.2, -0.15) is 5.26 Å². The molecule has 4 heterocycles. The number of likely N-dealkylation sites (tertiary alicyclic amines) is 1. The molecule has 71 heavy (non-hydrogen) atoms. The smallest absolute Gasteiger partial charge is 0.253 e. The van der Waals surface area contributed by atoms with Crippen LogP contribution < -0.4 is 25.6 Å². The number of aryl methyl sites for hydroxylation is 1. The van der Waals surface area contributed by atoms with E-state index in [2.05, 4.69) is 69.5 Å². The fourth-order valence-electron chi connectivity index (χ4n) is 10.3. The fraction of sp³-hybridized carbons (Fsp3) is 0.519. The molecule has 0 spiro atoms. The van der Waals surface area contributed by atoms with Gasteiger partial charge in [0.2, 0.25) is 17.7 Å². The summed E-state index contributed by atoms with van der Waals surface area (Å²) in [5.41, 5.74) is 3.63. The standard InChI is InChI=1S/C52H66ClN9O8S/c1-31-43(71-30-56-31)33-11-9-32(10-12-33)39(28-63)57-46(67)40-23-36(64)27-62(40)47(68)44(50(2,3)4)58-42(65)29-69-22-21-60-17-19-61(20-18-60)41-16-14-35(26-55-41)45(66)59-48-51(5,6)49(52(48,7)8)70-37-15-13-34(25-54)38(53)24-37/h9-16,24,26,30,36,39-40,44,48-49,63-64H,17-23,27-29H2,1-8H3,(H,57,67)(H,58,65)(H,59,66)/t36-,39+,40+,44?,48?,49?/m1/s1. The number of nitrogens with one attached hydrogen (secondary N) is 3. The Bertz CT molecular complexity index is 2570. The van der Waals surface area contributed by atoms with E-state index < -0.39 is 58.2 Å². The largest absolute Gasteiger partial charge is 0.489 e. The summed E-state index contributed by atoms with van der Waals surface area (Å²) in [5, 5.41) is 39.4. The summed E-state index contributed by atoms with van der Waals surface area (Å²) in [5.74, 6) is -0.366. The molecule has 4 aromatic rings. The highest BCUT2D eigenvalue weighted by Gasteiger charge is 2.64. The minimum absolute atomic E-state index is 0.0141. The highest BCUT2D eigenvalue weighted by molar-refractivity contribution is 7.13. The first kappa shape index (κ1) is 53.1. The first-order valence-electron chi connectivity index (χ1n) is 24.0. The lowest BCUT2D eigenvalue weighted by molar-refractivity contribution is -0.164. The Morgan fingerprint density at radius 1 is 0.986 bits per heavy atom. The molecule has 2 aromatic carbocycles. The molecular weight excluding hydrogens is 946 g/mol. The predicted octanol–water partition coefficient (Wildman–Crippen LogP) is 5.13. The molecule has 7 rings (SSSR count). The maximum Gasteiger partial charge on any atom is 0.253 e. The lowest BCUT2D eigenvalue weighted by Gasteiger charge is -2.63. The normalized spacial score (nSPS) is 21.6. The highest BCUT2D eigenvalue weighted by atomic mass is 35.5. The van der Waals surface area contributed by atoms with Crippen molar-refractivity contribution in [3.8, 4) is 22.3 Å². The van der Waals surface area contributed by atoms with Crippen LogP contribution in [0.15, 0.2) is 66.3 Å². The van der Waals surface area contributed by atoms with Crippen molar-refractivity contribution in [3.63, 3.8) is 0 Å². The number of thiazole rings is 1. The van der Waals surface area contributed by atoms with Gasteiger partial charge in [-0.3, -0.25) is 24.1 Å². The average Bonchev–Trinajstić information content (AvgIpc) is 3.96. The van der Waals surface area contributed by atoms with Crippen LogP contribution in [0, 0.1) is 34.5 Å². The number of anilines is 1. The number of hydrogen-bond donors (Lipinski definition) is 5. The number of halogens is 1. The molecule has 17 nitrogen and oxygen atoms in total. The monoisotopic (exact) mass is 1010 g/mol. The number of nitriles is 1. The minimum Gasteiger partial charge on any atom is -0.489 e. The van der Waals surface area contributed by atoms with Gasteiger partial charge < -0.3 is 45.4 Å². The summed E-state index contributed by atoms with van der Waals surface area (Å²) in [7, 11) is 0. The van der Waals surface area contributed by atoms with E-state index in [0.717, 1.165) is 35.0 Å². The van der Waals surface area contributed by atoms with E-state index in [9.17, 15) is 34.7 Å². The molecule has 5 N–H and O–H groups in total. The summed E-state index contributed by atoms with van der Waals surface area (Å²) in [4.78, 5) is 70.4. The maximum atomic E-state index is 14.2. The van der Waals surface area contributed by atoms with Crippen LogP contribution in [0.1, 0.15) is 88.1 Å². The van der Waals surface area contributed by atoms with Gasteiger partial charge in [0.1, 0.15) is 42.4 Å². The summed E-state index contributed by atoms with van der Waals surface area (Å²) in [6.45, 7) is 18.7. The number of β-amino-alcohol motifs (C(OH)–C–C–N with tert-alkyl or cyclic N) is 1. The lowest BCUT2D eigenvalue weighted by atomic mass is 9.49. The van der Waals surface area contributed by atoms with Crippen molar-refractivity contribution in [2.45, 2.75) is 98.2 Å². The first-order chi connectivity index (χ1) is 33.6. The number of amides is 4. The number of rotatable bonds is 17. The van der Waals surface area contributed by atoms with Crippen molar-refractivity contribution in [1.82, 2.24) is 35.7 Å². The van der Waals surface area contributed by atoms with Gasteiger partial charge in [-0.1, -0.05) is 84.3 Å². The quantitative estimate of drug-likeness (QED) is 0.0867. The van der Waals surface area contributed by atoms with Crippen molar-refractivity contribution in [3.05, 3.63) is 93.7 Å². The molecule has 380 valence electrons. The molecule has 1 saturated carbocycles. The Kier molecular flexibility index (Phi) is 16.4. The number of carbonyl (C=O) groups is 4. The zero-order chi connectivity index (χ0) is 51.4. The van der Waals surface area contributed by atoms with Crippen molar-refractivity contribution in [1.29, 1.82) is 5.26 Å². The number of hydrogen-bond acceptors (Lipinski definition) is 14. The number of piperazine rings is 1. The lowest BCUT2D eigenvalue weighted by Crippen LogP contribution is -2.74. The molecule has 0 radical (unpaired) electrons. The molecule has 4 amide bonds. The third kappa shape index (κ3) is 12.0. The second-order valence-corrected chi connectivity index (χ2v) is 22.2. The Labute approximate surface area is 424 Å². The van der Waals surface area contributed by atoms with Crippen LogP contribution in [0.25, 0.3) is 10.4 Å². The van der Waals surface area contributed by atoms with Crippen LogP contribution in [0.2, 0.25) is 5.02 Å². The van der Waals surface area contributed by atoms with E-state index >= 15 is 0 Å². The fourth-order valence-corrected chi connectivity index (χ4v) is 11.4. The molecule has 2 aromatic heterocycles. The van der Waals surface area contributed by atoms with Crippen molar-refractivity contribution >= 4 is 52.4 Å². The molecule has 2 saturated heterocycles. The Morgan fingerprint density at radius 3 is 2.28 bits per heavy atom.